The Morgan fingerprint density at radius 3 is 1.19 bits per heavy atom. The van der Waals surface area contributed by atoms with E-state index in [1.807, 2.05) is 187 Å². The van der Waals surface area contributed by atoms with E-state index >= 15 is 0 Å². The van der Waals surface area contributed by atoms with Crippen molar-refractivity contribution in [1.82, 2.24) is 86.2 Å². The summed E-state index contributed by atoms with van der Waals surface area (Å²) in [5, 5.41) is 5.50. The molecule has 0 fully saturated rings. The number of benzene rings is 5. The van der Waals surface area contributed by atoms with Gasteiger partial charge in [0.2, 0.25) is 33.4 Å². The first-order valence-electron chi connectivity index (χ1n) is 43.4. The molecule has 0 radical (unpaired) electrons. The van der Waals surface area contributed by atoms with Crippen molar-refractivity contribution in [2.24, 2.45) is 14.0 Å². The van der Waals surface area contributed by atoms with E-state index in [0.29, 0.717) is 23.6 Å². The van der Waals surface area contributed by atoms with Crippen LogP contribution < -0.4 is 22.8 Å². The standard InChI is InChI=1S/C26H18N5.2C21H16N5.C20H13N4O.C14H9N4S/c1-3-8-19(9-4-1)30-24-21(12-7-14-28-24)23-26(30)31(20-10-5-2-6-11-20)25-22-16-27-15-13-18(22)17-29(23)25;2*1-24-19-16(8-5-10-23-19)18-21(24)26(15-6-3-2-4-7-15)20-17-12-22-11-9-14(17)13-25(18)20;1-2-5-14(6-3-1)24-19-16-11-21-10-8-13(16)12-23(19)17-15-7-4-9-22-18(15)25-20(17)24;1-3-16-12-6-11-13(17(12)5-1)18-8-9-2-4-15-7-10(9)14(18)19-11/h1-16H,17H2;2*2-12H,13H2,1H3;1-11H,12H2;1-7H,8H2/q5*+1/i;1D3;;;. The summed E-state index contributed by atoms with van der Waals surface area (Å²) in [5.74, 6) is 4.39. The van der Waals surface area contributed by atoms with Crippen molar-refractivity contribution in [2.45, 2.75) is 32.7 Å². The zero-order valence-electron chi connectivity index (χ0n) is 71.0. The second-order valence-corrected chi connectivity index (χ2v) is 33.0. The smallest absolute Gasteiger partial charge is 0.346 e. The number of furan rings is 1. The summed E-state index contributed by atoms with van der Waals surface area (Å²) in [4.78, 5) is 44.4. The second kappa shape index (κ2) is 28.3. The SMILES string of the molecule is Cn1c2ncccc2c2c1n(-c1ccccc1)c1[n+]2Cc2ccncc2-1.[2H]C([2H])([2H])n1c2ncccc2c2c1n(-c1ccccc1)c1[n+]2Cc2ccncc2-1.c1ccc(-n2c3[n+](c4c5cccnc5n(-c5ccccc5)c42)Cc2ccncc2-3)cc1.c1ccc(-n2c3[n+](c4c5cccnc5oc42)Cc2ccncc2-3)cc1.c1cnc2cc3sc4[n+](c3n2c1)Cc1ccncc1-4. The Morgan fingerprint density at radius 1 is 0.331 bits per heavy atom. The van der Waals surface area contributed by atoms with Gasteiger partial charge in [0, 0.05) is 145 Å². The summed E-state index contributed by atoms with van der Waals surface area (Å²) in [6.45, 7) is 1.72. The van der Waals surface area contributed by atoms with Crippen LogP contribution in [0.2, 0.25) is 0 Å². The van der Waals surface area contributed by atoms with Gasteiger partial charge in [0.1, 0.15) is 71.5 Å². The quantitative estimate of drug-likeness (QED) is 0.148. The maximum Gasteiger partial charge on any atom is 0.346 e. The third-order valence-electron chi connectivity index (χ3n) is 25.1. The van der Waals surface area contributed by atoms with Crippen LogP contribution in [0, 0.1) is 0 Å². The number of imidazole rings is 4. The number of aromatic nitrogens is 23. The highest BCUT2D eigenvalue weighted by Gasteiger charge is 2.44. The van der Waals surface area contributed by atoms with E-state index in [-0.39, 0.29) is 0 Å². The van der Waals surface area contributed by atoms with Gasteiger partial charge < -0.3 is 4.42 Å². The molecule has 5 aliphatic rings. The minimum atomic E-state index is -2.37. The molecule has 0 saturated carbocycles. The molecule has 0 unspecified atom stereocenters. The molecule has 0 spiro atoms. The Balaban J connectivity index is 0.0000000862. The number of hydrogen-bond acceptors (Lipinski definition) is 12. The van der Waals surface area contributed by atoms with Gasteiger partial charge >= 0.3 is 11.4 Å². The highest BCUT2D eigenvalue weighted by Crippen LogP contribution is 2.44. The van der Waals surface area contributed by atoms with E-state index in [4.69, 9.17) is 13.5 Å². The predicted octanol–water partition coefficient (Wildman–Crippen LogP) is 16.9. The van der Waals surface area contributed by atoms with Gasteiger partial charge in [0.05, 0.1) is 61.2 Å². The molecule has 24 nitrogen and oxygen atoms in total. The predicted molar refractivity (Wildman–Crippen MR) is 487 cm³/mol. The lowest BCUT2D eigenvalue weighted by Gasteiger charge is -2.07. The lowest BCUT2D eigenvalue weighted by Crippen LogP contribution is -2.31. The Kier molecular flexibility index (Phi) is 15.3. The van der Waals surface area contributed by atoms with Gasteiger partial charge in [0.15, 0.2) is 10.7 Å². The molecule has 0 atom stereocenters. The van der Waals surface area contributed by atoms with Gasteiger partial charge in [-0.25, -0.2) is 47.8 Å². The molecule has 0 amide bonds. The van der Waals surface area contributed by atoms with Crippen LogP contribution >= 0.6 is 11.3 Å². The minimum Gasteiger partial charge on any atom is -0.400 e. The maximum atomic E-state index is 8.23. The van der Waals surface area contributed by atoms with E-state index in [1.165, 1.54) is 86.7 Å². The number of fused-ring (bicyclic) bond motifs is 35. The first kappa shape index (κ1) is 68.7. The van der Waals surface area contributed by atoms with E-state index < -0.39 is 6.98 Å². The summed E-state index contributed by atoms with van der Waals surface area (Å²) in [7, 11) is 2.09. The third-order valence-corrected chi connectivity index (χ3v) is 26.3. The molecule has 5 aromatic carbocycles. The molecule has 5 aliphatic heterocycles. The molecule has 20 aromatic heterocycles. The summed E-state index contributed by atoms with van der Waals surface area (Å²) < 4.78 is 60.7. The summed E-state index contributed by atoms with van der Waals surface area (Å²) in [6, 6.07) is 82.4. The van der Waals surface area contributed by atoms with Gasteiger partial charge in [-0.15, -0.1) is 0 Å². The average molecular weight is 1670 g/mol. The van der Waals surface area contributed by atoms with Gasteiger partial charge in [-0.1, -0.05) is 102 Å². The maximum absolute atomic E-state index is 8.23. The largest absolute Gasteiger partial charge is 0.400 e. The number of rotatable bonds is 5. The topological polar surface area (TPSA) is 200 Å². The van der Waals surface area contributed by atoms with Crippen LogP contribution in [-0.4, -0.2) is 86.2 Å². The number of pyridine rings is 9. The normalized spacial score (nSPS) is 13.1. The van der Waals surface area contributed by atoms with Crippen LogP contribution in [0.1, 0.15) is 31.9 Å². The monoisotopic (exact) mass is 1670 g/mol. The number of nitrogens with zero attached hydrogens (tertiary/aromatic N) is 23. The fourth-order valence-corrected chi connectivity index (χ4v) is 21.1. The molecule has 0 bridgehead atoms. The molecule has 602 valence electrons. The van der Waals surface area contributed by atoms with Crippen molar-refractivity contribution in [2.75, 3.05) is 0 Å². The molecule has 25 heteroatoms. The van der Waals surface area contributed by atoms with Crippen LogP contribution in [-0.2, 0) is 46.7 Å². The van der Waals surface area contributed by atoms with Crippen LogP contribution in [0.25, 0.3) is 189 Å². The van der Waals surface area contributed by atoms with E-state index in [1.54, 1.807) is 18.6 Å². The Bertz CT molecular complexity index is 8930. The van der Waals surface area contributed by atoms with Gasteiger partial charge in [-0.2, -0.15) is 22.7 Å². The van der Waals surface area contributed by atoms with E-state index in [9.17, 15) is 0 Å². The third kappa shape index (κ3) is 10.7. The van der Waals surface area contributed by atoms with Crippen molar-refractivity contribution >= 4 is 116 Å². The van der Waals surface area contributed by atoms with Crippen molar-refractivity contribution in [3.63, 3.8) is 0 Å². The summed E-state index contributed by atoms with van der Waals surface area (Å²) in [5.41, 5.74) is 31.0. The van der Waals surface area contributed by atoms with Crippen molar-refractivity contribution < 1.29 is 31.4 Å². The molecular weight excluding hydrogens is 1600 g/mol. The fourth-order valence-electron chi connectivity index (χ4n) is 19.8. The van der Waals surface area contributed by atoms with Gasteiger partial charge in [0.25, 0.3) is 40.2 Å². The highest BCUT2D eigenvalue weighted by atomic mass is 32.1. The molecule has 0 N–H and O–H groups in total. The number of para-hydroxylation sites is 5. The molecule has 25 aromatic rings. The van der Waals surface area contributed by atoms with Gasteiger partial charge in [-0.3, -0.25) is 38.6 Å². The Hall–Kier alpha value is -16.9. The van der Waals surface area contributed by atoms with Crippen LogP contribution in [0.15, 0.2) is 346 Å². The highest BCUT2D eigenvalue weighted by molar-refractivity contribution is 7.21. The van der Waals surface area contributed by atoms with Crippen LogP contribution in [0.4, 0.5) is 0 Å². The van der Waals surface area contributed by atoms with E-state index in [0.717, 1.165) is 144 Å². The first-order valence-corrected chi connectivity index (χ1v) is 42.8. The molecule has 30 rings (SSSR count). The lowest BCUT2D eigenvalue weighted by atomic mass is 10.1. The zero-order chi connectivity index (χ0) is 86.1. The van der Waals surface area contributed by atoms with Crippen molar-refractivity contribution in [3.05, 3.63) is 370 Å². The van der Waals surface area contributed by atoms with Crippen LogP contribution in [0.3, 0.4) is 0 Å². The second-order valence-electron chi connectivity index (χ2n) is 32.0. The summed E-state index contributed by atoms with van der Waals surface area (Å²) >= 11 is 1.82. The first-order chi connectivity index (χ1) is 64.1. The number of thiazole rings is 1. The minimum absolute atomic E-state index is 0.464. The average Bonchev–Trinajstić information content (AvgIpc) is 1.53. The molecular formula is C102H72N23OS+5. The van der Waals surface area contributed by atoms with Crippen LogP contribution in [0.5, 0.6) is 0 Å². The Morgan fingerprint density at radius 2 is 0.701 bits per heavy atom. The Labute approximate surface area is 730 Å². The lowest BCUT2D eigenvalue weighted by molar-refractivity contribution is -0.645. The van der Waals surface area contributed by atoms with Gasteiger partial charge in [-0.05, 0) is 146 Å². The molecule has 0 aliphatic carbocycles. The number of aryl methyl sites for hydroxylation is 2. The fraction of sp³-hybridized carbons (Fsp3) is 0.0686. The zero-order valence-corrected chi connectivity index (χ0v) is 68.8. The van der Waals surface area contributed by atoms with Crippen molar-refractivity contribution in [1.29, 1.82) is 0 Å². The van der Waals surface area contributed by atoms with E-state index in [2.05, 4.69) is 254 Å². The summed E-state index contributed by atoms with van der Waals surface area (Å²) in [6.07, 6.45) is 30.0. The molecule has 25 heterocycles. The molecule has 0 saturated heterocycles. The van der Waals surface area contributed by atoms with Crippen molar-refractivity contribution in [3.8, 4) is 84.6 Å². The molecule has 127 heavy (non-hydrogen) atoms. The number of hydrogen-bond donors (Lipinski definition) is 0.